The number of carbonyl (C=O) groups is 4. The molecular formula is C56H82N6O4. The van der Waals surface area contributed by atoms with Crippen LogP contribution >= 0.6 is 0 Å². The first-order valence-corrected chi connectivity index (χ1v) is 25.7. The maximum Gasteiger partial charge on any atom is 0.317 e. The Bertz CT molecular complexity index is 2130. The number of urea groups is 2. The summed E-state index contributed by atoms with van der Waals surface area (Å²) >= 11 is 0. The van der Waals surface area contributed by atoms with Crippen LogP contribution in [0.15, 0.2) is 59.7 Å². The van der Waals surface area contributed by atoms with E-state index in [2.05, 4.69) is 96.7 Å². The molecule has 6 aliphatic rings. The van der Waals surface area contributed by atoms with Gasteiger partial charge in [-0.05, 0) is 173 Å². The third kappa shape index (κ3) is 11.1. The van der Waals surface area contributed by atoms with Crippen molar-refractivity contribution in [2.75, 3.05) is 46.8 Å². The molecule has 8 rings (SSSR count). The number of rotatable bonds is 9. The second-order valence-electron chi connectivity index (χ2n) is 22.3. The van der Waals surface area contributed by atoms with Gasteiger partial charge in [0.05, 0.1) is 12.1 Å². The predicted molar refractivity (Wildman–Crippen MR) is 268 cm³/mol. The van der Waals surface area contributed by atoms with Gasteiger partial charge in [0.1, 0.15) is 0 Å². The van der Waals surface area contributed by atoms with Gasteiger partial charge in [0.15, 0.2) is 0 Å². The fourth-order valence-corrected chi connectivity index (χ4v) is 12.5. The van der Waals surface area contributed by atoms with Gasteiger partial charge in [-0.15, -0.1) is 0 Å². The van der Waals surface area contributed by atoms with Crippen molar-refractivity contribution >= 4 is 35.0 Å². The topological polar surface area (TPSA) is 105 Å². The molecule has 66 heavy (non-hydrogen) atoms. The molecule has 0 bridgehead atoms. The second-order valence-corrected chi connectivity index (χ2v) is 22.3. The Morgan fingerprint density at radius 3 is 1.39 bits per heavy atom. The minimum atomic E-state index is -0.229. The van der Waals surface area contributed by atoms with Crippen molar-refractivity contribution in [3.05, 3.63) is 81.9 Å². The summed E-state index contributed by atoms with van der Waals surface area (Å²) in [5, 5.41) is 5.91. The van der Waals surface area contributed by atoms with Crippen LogP contribution in [-0.2, 0) is 22.4 Å². The fraction of sp³-hybridized carbons (Fsp3) is 0.643. The van der Waals surface area contributed by atoms with E-state index in [4.69, 9.17) is 0 Å². The Labute approximate surface area is 397 Å². The van der Waals surface area contributed by atoms with Crippen LogP contribution in [0.3, 0.4) is 0 Å². The van der Waals surface area contributed by atoms with Crippen LogP contribution < -0.4 is 10.6 Å². The van der Waals surface area contributed by atoms with Crippen molar-refractivity contribution in [1.82, 2.24) is 30.2 Å². The van der Waals surface area contributed by atoms with Crippen molar-refractivity contribution in [3.63, 3.8) is 0 Å². The van der Waals surface area contributed by atoms with Gasteiger partial charge in [-0.3, -0.25) is 9.59 Å². The van der Waals surface area contributed by atoms with Gasteiger partial charge in [-0.1, -0.05) is 76.2 Å². The van der Waals surface area contributed by atoms with Gasteiger partial charge >= 0.3 is 12.1 Å². The molecule has 2 heterocycles. The van der Waals surface area contributed by atoms with Crippen LogP contribution in [0.4, 0.5) is 9.59 Å². The van der Waals surface area contributed by atoms with E-state index in [0.717, 1.165) is 103 Å². The van der Waals surface area contributed by atoms with Crippen LogP contribution in [0.1, 0.15) is 142 Å². The molecule has 2 aromatic carbocycles. The molecule has 0 radical (unpaired) electrons. The molecule has 4 aliphatic carbocycles. The Morgan fingerprint density at radius 1 is 0.621 bits per heavy atom. The van der Waals surface area contributed by atoms with Crippen LogP contribution in [0.25, 0.3) is 11.1 Å². The monoisotopic (exact) mass is 903 g/mol. The lowest BCUT2D eigenvalue weighted by atomic mass is 9.79. The standard InChI is InChI=1S/C29H43N3O2.C27H39N3O2/c1-19(2)26-25-17-22-9-7-8-10-23(22)24(25)15-16-32(26)27(33)21-13-11-20(12-14-21)18-31(6)28(34)30-29(3,4)5;1-5-28-27(32)29(4)17-19-10-12-20(13-11-19)26(31)30-15-14-23-22-9-7-6-8-21(22)16-24(23)25(30)18(2)3/h7-10,19-21,26H,11-18H2,1-6H3,(H,30,34);6-9,18-20,25H,5,10-17H2,1-4H3,(H,28,32). The Balaban J connectivity index is 0.000000197. The summed E-state index contributed by atoms with van der Waals surface area (Å²) in [6.45, 7) is 20.9. The number of carbonyl (C=O) groups excluding carboxylic acids is 4. The van der Waals surface area contributed by atoms with E-state index in [9.17, 15) is 19.2 Å². The lowest BCUT2D eigenvalue weighted by Gasteiger charge is -2.42. The van der Waals surface area contributed by atoms with Crippen LogP contribution in [0.5, 0.6) is 0 Å². The maximum atomic E-state index is 13.8. The largest absolute Gasteiger partial charge is 0.338 e. The summed E-state index contributed by atoms with van der Waals surface area (Å²) in [5.74, 6) is 2.77. The van der Waals surface area contributed by atoms with Crippen molar-refractivity contribution in [2.45, 2.75) is 150 Å². The van der Waals surface area contributed by atoms with E-state index in [1.807, 2.05) is 46.7 Å². The van der Waals surface area contributed by atoms with E-state index >= 15 is 0 Å². The quantitative estimate of drug-likeness (QED) is 0.262. The van der Waals surface area contributed by atoms with Gasteiger partial charge in [-0.25, -0.2) is 9.59 Å². The first-order valence-electron chi connectivity index (χ1n) is 25.7. The Morgan fingerprint density at radius 2 is 1.02 bits per heavy atom. The van der Waals surface area contributed by atoms with Crippen molar-refractivity contribution < 1.29 is 19.2 Å². The molecule has 2 saturated carbocycles. The number of amides is 6. The minimum absolute atomic E-state index is 0.000399. The van der Waals surface area contributed by atoms with E-state index in [1.54, 1.807) is 4.90 Å². The number of benzene rings is 2. The average molecular weight is 903 g/mol. The zero-order valence-corrected chi connectivity index (χ0v) is 42.2. The number of hydrogen-bond donors (Lipinski definition) is 2. The number of fused-ring (bicyclic) bond motifs is 4. The van der Waals surface area contributed by atoms with E-state index in [0.29, 0.717) is 42.0 Å². The van der Waals surface area contributed by atoms with Crippen LogP contribution in [0, 0.1) is 35.5 Å². The lowest BCUT2D eigenvalue weighted by Crippen LogP contribution is -2.50. The molecule has 6 amide bonds. The number of nitrogens with zero attached hydrogens (tertiary/aromatic N) is 4. The van der Waals surface area contributed by atoms with Crippen molar-refractivity contribution in [2.24, 2.45) is 35.5 Å². The first-order chi connectivity index (χ1) is 31.4. The molecule has 10 heteroatoms. The highest BCUT2D eigenvalue weighted by Crippen LogP contribution is 2.46. The maximum absolute atomic E-state index is 13.8. The van der Waals surface area contributed by atoms with Crippen LogP contribution in [0.2, 0.25) is 0 Å². The SMILES string of the molecule is CC(C)C1C2=C(CCN1C(=O)C1CCC(CN(C)C(=O)NC(C)(C)C)CC1)c1ccccc1C2.CCNC(=O)N(C)CC1CCC(C(=O)N2CCC3=C(Cc4ccccc43)C2C(C)C)CC1. The molecule has 2 fully saturated rings. The molecule has 0 spiro atoms. The third-order valence-electron chi connectivity index (χ3n) is 15.6. The van der Waals surface area contributed by atoms with E-state index in [1.165, 1.54) is 44.5 Å². The minimum Gasteiger partial charge on any atom is -0.338 e. The molecule has 2 aromatic rings. The molecule has 2 aliphatic heterocycles. The number of hydrogen-bond acceptors (Lipinski definition) is 4. The average Bonchev–Trinajstić information content (AvgIpc) is 3.86. The van der Waals surface area contributed by atoms with Gasteiger partial charge < -0.3 is 30.2 Å². The summed E-state index contributed by atoms with van der Waals surface area (Å²) in [5.41, 5.74) is 11.4. The molecule has 2 N–H and O–H groups in total. The van der Waals surface area contributed by atoms with Gasteiger partial charge in [0.25, 0.3) is 0 Å². The summed E-state index contributed by atoms with van der Waals surface area (Å²) < 4.78 is 0. The smallest absolute Gasteiger partial charge is 0.317 e. The lowest BCUT2D eigenvalue weighted by molar-refractivity contribution is -0.140. The van der Waals surface area contributed by atoms with Crippen LogP contribution in [-0.4, -0.2) is 108 Å². The normalized spacial score (nSPS) is 24.8. The summed E-state index contributed by atoms with van der Waals surface area (Å²) in [4.78, 5) is 59.9. The summed E-state index contributed by atoms with van der Waals surface area (Å²) in [6.07, 6.45) is 11.8. The fourth-order valence-electron chi connectivity index (χ4n) is 12.5. The number of nitrogens with one attached hydrogen (secondary N) is 2. The van der Waals surface area contributed by atoms with E-state index < -0.39 is 0 Å². The van der Waals surface area contributed by atoms with E-state index in [-0.39, 0.29) is 41.5 Å². The zero-order chi connectivity index (χ0) is 47.4. The molecule has 0 aromatic heterocycles. The predicted octanol–water partition coefficient (Wildman–Crippen LogP) is 10.2. The van der Waals surface area contributed by atoms with Gasteiger partial charge in [-0.2, -0.15) is 0 Å². The summed E-state index contributed by atoms with van der Waals surface area (Å²) in [6, 6.07) is 18.0. The molecular weight excluding hydrogens is 821 g/mol. The molecule has 2 atom stereocenters. The summed E-state index contributed by atoms with van der Waals surface area (Å²) in [7, 11) is 3.75. The molecule has 0 saturated heterocycles. The Hall–Kier alpha value is -4.60. The molecule has 10 nitrogen and oxygen atoms in total. The Kier molecular flexibility index (Phi) is 15.8. The molecule has 2 unspecified atom stereocenters. The van der Waals surface area contributed by atoms with Gasteiger partial charge in [0, 0.05) is 64.2 Å². The first kappa shape index (κ1) is 49.3. The van der Waals surface area contributed by atoms with Gasteiger partial charge in [0.2, 0.25) is 11.8 Å². The highest BCUT2D eigenvalue weighted by Gasteiger charge is 2.43. The highest BCUT2D eigenvalue weighted by molar-refractivity contribution is 5.86. The zero-order valence-electron chi connectivity index (χ0n) is 42.2. The second kappa shape index (κ2) is 21.1. The highest BCUT2D eigenvalue weighted by atomic mass is 16.2. The van der Waals surface area contributed by atoms with Crippen molar-refractivity contribution in [1.29, 1.82) is 0 Å². The third-order valence-corrected chi connectivity index (χ3v) is 15.6. The molecule has 360 valence electrons. The van der Waals surface area contributed by atoms with Crippen molar-refractivity contribution in [3.8, 4) is 0 Å².